The van der Waals surface area contributed by atoms with Crippen molar-refractivity contribution < 1.29 is 57.9 Å². The van der Waals surface area contributed by atoms with Crippen LogP contribution in [0.2, 0.25) is 0 Å². The van der Waals surface area contributed by atoms with Gasteiger partial charge in [0.2, 0.25) is 23.6 Å². The standard InChI is InChI=1S/C46H62N10O12/c1-27(2)17-37-43(61)47-35(13-15-41(57)58)45(63)54(22-30-10-12-34(66-6)20-40(30)68-8)24-32-26-56(52-50-32)38(18-28(3)4)44(62)48-36(14-16-42(59)60)46(64)53(23-31-25-55(37)51-49-31)21-29-9-11-33(65-5)19-39(29)67-7/h9-12,19-20,25-28,35-38H,13-18,21-24H2,1-8H3,(H,47,61)(H,48,62)(H,57,58)(H,59,60)/t35-,36-,37+,38+/m0/s1. The first-order valence-electron chi connectivity index (χ1n) is 22.3. The van der Waals surface area contributed by atoms with E-state index in [1.807, 2.05) is 27.7 Å². The number of carbonyl (C=O) groups excluding carboxylic acids is 4. The fourth-order valence-corrected chi connectivity index (χ4v) is 7.86. The number of rotatable bonds is 18. The van der Waals surface area contributed by atoms with Crippen molar-refractivity contribution in [2.24, 2.45) is 11.8 Å². The molecule has 0 unspecified atom stereocenters. The molecule has 68 heavy (non-hydrogen) atoms. The molecule has 2 aromatic heterocycles. The van der Waals surface area contributed by atoms with E-state index in [2.05, 4.69) is 31.3 Å². The van der Waals surface area contributed by atoms with Gasteiger partial charge in [-0.3, -0.25) is 28.8 Å². The Morgan fingerprint density at radius 2 is 1.01 bits per heavy atom. The summed E-state index contributed by atoms with van der Waals surface area (Å²) in [5, 5.41) is 42.6. The molecule has 5 rings (SSSR count). The van der Waals surface area contributed by atoms with Crippen LogP contribution in [0.15, 0.2) is 48.8 Å². The fourth-order valence-electron chi connectivity index (χ4n) is 7.86. The maximum Gasteiger partial charge on any atom is 0.303 e. The number of fused-ring (bicyclic) bond motifs is 4. The molecule has 2 aromatic carbocycles. The largest absolute Gasteiger partial charge is 0.497 e. The normalized spacial score (nSPS) is 18.6. The second kappa shape index (κ2) is 24.0. The first-order chi connectivity index (χ1) is 32.4. The summed E-state index contributed by atoms with van der Waals surface area (Å²) in [7, 11) is 5.92. The number of amides is 4. The number of nitrogens with one attached hydrogen (secondary N) is 2. The van der Waals surface area contributed by atoms with E-state index in [4.69, 9.17) is 18.9 Å². The topological polar surface area (TPSA) is 272 Å². The lowest BCUT2D eigenvalue weighted by molar-refractivity contribution is -0.141. The fraction of sp³-hybridized carbons (Fsp3) is 0.522. The van der Waals surface area contributed by atoms with Crippen molar-refractivity contribution in [3.8, 4) is 23.0 Å². The Morgan fingerprint density at radius 3 is 1.34 bits per heavy atom. The summed E-state index contributed by atoms with van der Waals surface area (Å²) in [6, 6.07) is 5.30. The molecule has 0 spiro atoms. The highest BCUT2D eigenvalue weighted by Crippen LogP contribution is 2.29. The van der Waals surface area contributed by atoms with E-state index in [-0.39, 0.29) is 75.1 Å². The van der Waals surface area contributed by atoms with E-state index >= 15 is 0 Å². The molecule has 0 fully saturated rings. The average molecular weight is 947 g/mol. The Kier molecular flexibility index (Phi) is 18.2. The minimum Gasteiger partial charge on any atom is -0.497 e. The highest BCUT2D eigenvalue weighted by Gasteiger charge is 2.35. The van der Waals surface area contributed by atoms with Crippen LogP contribution >= 0.6 is 0 Å². The van der Waals surface area contributed by atoms with Crippen LogP contribution < -0.4 is 29.6 Å². The molecule has 0 aliphatic carbocycles. The smallest absolute Gasteiger partial charge is 0.303 e. The third-order valence-electron chi connectivity index (χ3n) is 11.3. The zero-order valence-electron chi connectivity index (χ0n) is 39.7. The quantitative estimate of drug-likeness (QED) is 0.111. The number of carboxylic acids is 2. The van der Waals surface area contributed by atoms with E-state index in [0.29, 0.717) is 34.1 Å². The van der Waals surface area contributed by atoms with Crippen molar-refractivity contribution in [3.63, 3.8) is 0 Å². The third-order valence-corrected chi connectivity index (χ3v) is 11.3. The summed E-state index contributed by atoms with van der Waals surface area (Å²) >= 11 is 0. The van der Waals surface area contributed by atoms with Gasteiger partial charge in [0.15, 0.2) is 0 Å². The average Bonchev–Trinajstić information content (AvgIpc) is 3.98. The number of benzene rings is 2. The second-order valence-corrected chi connectivity index (χ2v) is 17.4. The van der Waals surface area contributed by atoms with Crippen LogP contribution in [0.3, 0.4) is 0 Å². The predicted octanol–water partition coefficient (Wildman–Crippen LogP) is 3.55. The molecule has 0 saturated heterocycles. The lowest BCUT2D eigenvalue weighted by Crippen LogP contribution is -2.50. The van der Waals surface area contributed by atoms with Crippen LogP contribution in [0.25, 0.3) is 0 Å². The number of aliphatic carboxylic acids is 2. The molecule has 4 bridgehead atoms. The Hall–Kier alpha value is -7.26. The molecule has 0 saturated carbocycles. The molecule has 4 atom stereocenters. The number of hydrogen-bond donors (Lipinski definition) is 4. The van der Waals surface area contributed by atoms with Crippen LogP contribution in [-0.4, -0.2) is 126 Å². The molecule has 0 radical (unpaired) electrons. The van der Waals surface area contributed by atoms with Crippen LogP contribution in [0.1, 0.15) is 101 Å². The lowest BCUT2D eigenvalue weighted by atomic mass is 10.0. The zero-order valence-corrected chi connectivity index (χ0v) is 39.7. The first kappa shape index (κ1) is 51.7. The van der Waals surface area contributed by atoms with E-state index in [1.54, 1.807) is 36.4 Å². The van der Waals surface area contributed by atoms with Gasteiger partial charge in [0.1, 0.15) is 58.6 Å². The summed E-state index contributed by atoms with van der Waals surface area (Å²) in [4.78, 5) is 85.6. The van der Waals surface area contributed by atoms with Gasteiger partial charge >= 0.3 is 11.9 Å². The van der Waals surface area contributed by atoms with Gasteiger partial charge in [0.25, 0.3) is 0 Å². The maximum atomic E-state index is 14.9. The van der Waals surface area contributed by atoms with Crippen molar-refractivity contribution in [2.45, 2.75) is 117 Å². The van der Waals surface area contributed by atoms with Gasteiger partial charge < -0.3 is 49.6 Å². The number of carboxylic acid groups (broad SMARTS) is 2. The minimum atomic E-state index is -1.35. The molecule has 1 aliphatic heterocycles. The Labute approximate surface area is 394 Å². The van der Waals surface area contributed by atoms with Crippen LogP contribution in [-0.2, 0) is 54.9 Å². The van der Waals surface area contributed by atoms with Crippen molar-refractivity contribution in [1.82, 2.24) is 50.4 Å². The Balaban J connectivity index is 1.68. The zero-order chi connectivity index (χ0) is 49.7. The molecule has 22 heteroatoms. The highest BCUT2D eigenvalue weighted by atomic mass is 16.5. The van der Waals surface area contributed by atoms with Crippen LogP contribution in [0.4, 0.5) is 0 Å². The number of aromatic nitrogens is 6. The van der Waals surface area contributed by atoms with Crippen molar-refractivity contribution in [2.75, 3.05) is 28.4 Å². The molecular formula is C46H62N10O12. The molecule has 368 valence electrons. The van der Waals surface area contributed by atoms with Gasteiger partial charge in [0.05, 0.1) is 53.9 Å². The van der Waals surface area contributed by atoms with Crippen LogP contribution in [0.5, 0.6) is 23.0 Å². The summed E-state index contributed by atoms with van der Waals surface area (Å²) in [6.45, 7) is 6.96. The molecular weight excluding hydrogens is 885 g/mol. The monoisotopic (exact) mass is 946 g/mol. The number of carbonyl (C=O) groups is 6. The van der Waals surface area contributed by atoms with Crippen LogP contribution in [0, 0.1) is 11.8 Å². The van der Waals surface area contributed by atoms with Gasteiger partial charge in [-0.05, 0) is 61.8 Å². The Morgan fingerprint density at radius 1 is 0.632 bits per heavy atom. The van der Waals surface area contributed by atoms with E-state index in [0.717, 1.165) is 0 Å². The molecule has 22 nitrogen and oxygen atoms in total. The number of nitrogens with zero attached hydrogens (tertiary/aromatic N) is 8. The molecule has 4 N–H and O–H groups in total. The summed E-state index contributed by atoms with van der Waals surface area (Å²) in [5.41, 5.74) is 1.56. The van der Waals surface area contributed by atoms with Crippen molar-refractivity contribution >= 4 is 35.6 Å². The summed E-state index contributed by atoms with van der Waals surface area (Å²) in [5.74, 6) is -3.31. The van der Waals surface area contributed by atoms with Gasteiger partial charge in [0, 0.05) is 49.2 Å². The van der Waals surface area contributed by atoms with Gasteiger partial charge in [-0.15, -0.1) is 10.2 Å². The predicted molar refractivity (Wildman–Crippen MR) is 242 cm³/mol. The maximum absolute atomic E-state index is 14.9. The van der Waals surface area contributed by atoms with Gasteiger partial charge in [-0.1, -0.05) is 38.1 Å². The summed E-state index contributed by atoms with van der Waals surface area (Å²) < 4.78 is 24.7. The van der Waals surface area contributed by atoms with E-state index in [1.165, 1.54) is 60.0 Å². The minimum absolute atomic E-state index is 0.0856. The van der Waals surface area contributed by atoms with Gasteiger partial charge in [-0.25, -0.2) is 9.36 Å². The van der Waals surface area contributed by atoms with E-state index in [9.17, 15) is 39.0 Å². The SMILES string of the molecule is COc1ccc(CN2Cc3cn(nn3)[C@H](CC(C)C)C(=O)N[C@@H](CCC(=O)O)C(=O)N(Cc3ccc(OC)cc3OC)Cc3cn(nn3)[C@H](CC(C)C)C(=O)N[C@@H](CCC(=O)O)C2=O)c(OC)c1. The number of hydrogen-bond acceptors (Lipinski definition) is 14. The Bertz CT molecular complexity index is 2240. The van der Waals surface area contributed by atoms with E-state index < -0.39 is 72.6 Å². The second-order valence-electron chi connectivity index (χ2n) is 17.4. The highest BCUT2D eigenvalue weighted by molar-refractivity contribution is 5.90. The third kappa shape index (κ3) is 13.9. The first-order valence-corrected chi connectivity index (χ1v) is 22.3. The van der Waals surface area contributed by atoms with Crippen molar-refractivity contribution in [3.05, 3.63) is 71.3 Å². The van der Waals surface area contributed by atoms with Crippen molar-refractivity contribution in [1.29, 1.82) is 0 Å². The molecule has 4 amide bonds. The number of methoxy groups -OCH3 is 4. The number of ether oxygens (including phenoxy) is 4. The lowest BCUT2D eigenvalue weighted by Gasteiger charge is -2.30. The molecule has 4 aromatic rings. The molecule has 3 heterocycles. The van der Waals surface area contributed by atoms with Gasteiger partial charge in [-0.2, -0.15) is 0 Å². The molecule has 1 aliphatic rings. The summed E-state index contributed by atoms with van der Waals surface area (Å²) in [6.07, 6.45) is 1.96.